The van der Waals surface area contributed by atoms with Gasteiger partial charge in [-0.15, -0.1) is 0 Å². The molecule has 80 valence electrons. The first-order valence-electron chi connectivity index (χ1n) is 4.51. The molecule has 0 heterocycles. The van der Waals surface area contributed by atoms with E-state index < -0.39 is 5.41 Å². The first kappa shape index (κ1) is 12.6. The van der Waals surface area contributed by atoms with E-state index in [1.54, 1.807) is 12.1 Å². The molecule has 0 N–H and O–H groups in total. The van der Waals surface area contributed by atoms with Crippen LogP contribution in [-0.2, 0) is 15.0 Å². The van der Waals surface area contributed by atoms with E-state index in [-0.39, 0.29) is 9.39 Å². The highest BCUT2D eigenvalue weighted by atomic mass is 79.9. The maximum atomic E-state index is 11.6. The van der Waals surface area contributed by atoms with Gasteiger partial charge < -0.3 is 0 Å². The van der Waals surface area contributed by atoms with E-state index in [0.29, 0.717) is 12.0 Å². The van der Waals surface area contributed by atoms with Gasteiger partial charge in [0.2, 0.25) is 9.39 Å². The lowest BCUT2D eigenvalue weighted by atomic mass is 9.81. The van der Waals surface area contributed by atoms with Crippen molar-refractivity contribution in [1.29, 1.82) is 0 Å². The Bertz CT molecular complexity index is 359. The minimum atomic E-state index is -1.11. The number of rotatable bonds is 4. The van der Waals surface area contributed by atoms with Crippen molar-refractivity contribution >= 4 is 41.2 Å². The number of hydrogen-bond donors (Lipinski definition) is 0. The summed E-state index contributed by atoms with van der Waals surface area (Å²) in [5.41, 5.74) is -0.405. The molecule has 0 amide bonds. The predicted molar refractivity (Wildman–Crippen MR) is 66.3 cm³/mol. The summed E-state index contributed by atoms with van der Waals surface area (Å²) in [6.07, 6.45) is 0.422. The van der Waals surface area contributed by atoms with Crippen molar-refractivity contribution in [3.8, 4) is 0 Å². The summed E-state index contributed by atoms with van der Waals surface area (Å²) in [6, 6.07) is 9.03. The van der Waals surface area contributed by atoms with Crippen molar-refractivity contribution in [3.05, 3.63) is 35.9 Å². The third-order valence-corrected chi connectivity index (χ3v) is 3.82. The minimum Gasteiger partial charge on any atom is -0.285 e. The number of carbonyl (C=O) groups excluding carboxylic acids is 2. The quantitative estimate of drug-likeness (QED) is 0.626. The Hall–Kier alpha value is -0.480. The molecule has 2 nitrogen and oxygen atoms in total. The van der Waals surface area contributed by atoms with E-state index in [1.807, 2.05) is 25.1 Å². The summed E-state index contributed by atoms with van der Waals surface area (Å²) < 4.78 is -0.629. The average molecular weight is 334 g/mol. The molecule has 15 heavy (non-hydrogen) atoms. The highest BCUT2D eigenvalue weighted by molar-refractivity contribution is 9.19. The Kier molecular flexibility index (Phi) is 4.22. The zero-order chi connectivity index (χ0) is 11.5. The third kappa shape index (κ3) is 2.21. The molecule has 1 aromatic carbocycles. The summed E-state index contributed by atoms with van der Waals surface area (Å²) in [7, 11) is 0. The van der Waals surface area contributed by atoms with E-state index in [9.17, 15) is 9.59 Å². The molecule has 0 spiro atoms. The summed E-state index contributed by atoms with van der Waals surface area (Å²) in [5.74, 6) is 0. The molecule has 0 atom stereocenters. The molecule has 1 rings (SSSR count). The van der Waals surface area contributed by atoms with Gasteiger partial charge in [0.25, 0.3) is 0 Å². The summed E-state index contributed by atoms with van der Waals surface area (Å²) in [6.45, 7) is 1.81. The van der Waals surface area contributed by atoms with Gasteiger partial charge in [-0.3, -0.25) is 9.59 Å². The first-order chi connectivity index (χ1) is 7.05. The fourth-order valence-electron chi connectivity index (χ4n) is 1.51. The number of halogens is 2. The molecule has 0 saturated heterocycles. The van der Waals surface area contributed by atoms with Gasteiger partial charge in [0.15, 0.2) is 0 Å². The summed E-state index contributed by atoms with van der Waals surface area (Å²) >= 11 is 5.81. The topological polar surface area (TPSA) is 34.1 Å². The van der Waals surface area contributed by atoms with E-state index in [2.05, 4.69) is 31.9 Å². The smallest absolute Gasteiger partial charge is 0.216 e. The van der Waals surface area contributed by atoms with Gasteiger partial charge in [0.05, 0.1) is 0 Å². The van der Waals surface area contributed by atoms with Crippen LogP contribution in [0.25, 0.3) is 0 Å². The number of hydrogen-bond acceptors (Lipinski definition) is 2. The number of carbonyl (C=O) groups is 2. The lowest BCUT2D eigenvalue weighted by molar-refractivity contribution is -0.124. The van der Waals surface area contributed by atoms with Crippen LogP contribution >= 0.6 is 31.9 Å². The number of benzene rings is 1. The van der Waals surface area contributed by atoms with Crippen LogP contribution in [0.15, 0.2) is 30.3 Å². The fraction of sp³-hybridized carbons (Fsp3) is 0.273. The molecule has 0 aliphatic rings. The van der Waals surface area contributed by atoms with Crippen molar-refractivity contribution in [2.75, 3.05) is 0 Å². The SMILES string of the molecule is CCC(C(=O)Br)(C(=O)Br)c1ccccc1. The van der Waals surface area contributed by atoms with Gasteiger partial charge in [-0.1, -0.05) is 37.3 Å². The van der Waals surface area contributed by atoms with Crippen molar-refractivity contribution in [2.24, 2.45) is 0 Å². The fourth-order valence-corrected chi connectivity index (χ4v) is 3.15. The standard InChI is InChI=1S/C11H10Br2O2/c1-2-11(9(12)14,10(13)15)8-6-4-3-5-7-8/h3-7H,2H2,1H3. The van der Waals surface area contributed by atoms with Crippen LogP contribution in [0.2, 0.25) is 0 Å². The van der Waals surface area contributed by atoms with Crippen LogP contribution in [0.4, 0.5) is 0 Å². The van der Waals surface area contributed by atoms with Crippen molar-refractivity contribution < 1.29 is 9.59 Å². The van der Waals surface area contributed by atoms with Crippen LogP contribution in [0.3, 0.4) is 0 Å². The highest BCUT2D eigenvalue weighted by Crippen LogP contribution is 2.34. The Morgan fingerprint density at radius 3 is 1.93 bits per heavy atom. The monoisotopic (exact) mass is 332 g/mol. The van der Waals surface area contributed by atoms with Gasteiger partial charge in [-0.25, -0.2) is 0 Å². The van der Waals surface area contributed by atoms with Gasteiger partial charge >= 0.3 is 0 Å². The maximum absolute atomic E-state index is 11.6. The Morgan fingerprint density at radius 1 is 1.13 bits per heavy atom. The van der Waals surface area contributed by atoms with E-state index in [4.69, 9.17) is 0 Å². The van der Waals surface area contributed by atoms with Gasteiger partial charge in [-0.2, -0.15) is 0 Å². The van der Waals surface area contributed by atoms with Crippen LogP contribution in [-0.4, -0.2) is 9.39 Å². The molecule has 0 unspecified atom stereocenters. The lowest BCUT2D eigenvalue weighted by Crippen LogP contribution is -2.37. The highest BCUT2D eigenvalue weighted by Gasteiger charge is 2.42. The molecule has 0 aliphatic heterocycles. The zero-order valence-corrected chi connectivity index (χ0v) is 11.3. The lowest BCUT2D eigenvalue weighted by Gasteiger charge is -2.25. The molecule has 1 aromatic rings. The summed E-state index contributed by atoms with van der Waals surface area (Å²) in [4.78, 5) is 23.2. The second-order valence-electron chi connectivity index (χ2n) is 3.17. The third-order valence-electron chi connectivity index (χ3n) is 2.47. The second kappa shape index (κ2) is 5.03. The predicted octanol–water partition coefficient (Wildman–Crippen LogP) is 3.18. The molecule has 0 aliphatic carbocycles. The largest absolute Gasteiger partial charge is 0.285 e. The van der Waals surface area contributed by atoms with Crippen LogP contribution in [0.5, 0.6) is 0 Å². The van der Waals surface area contributed by atoms with Crippen molar-refractivity contribution in [1.82, 2.24) is 0 Å². The molecular formula is C11H10Br2O2. The molecular weight excluding hydrogens is 324 g/mol. The summed E-state index contributed by atoms with van der Waals surface area (Å²) in [5, 5.41) is 0. The average Bonchev–Trinajstić information content (AvgIpc) is 2.20. The molecule has 0 radical (unpaired) electrons. The maximum Gasteiger partial charge on any atom is 0.216 e. The van der Waals surface area contributed by atoms with Gasteiger partial charge in [-0.05, 0) is 43.8 Å². The van der Waals surface area contributed by atoms with E-state index in [1.165, 1.54) is 0 Å². The van der Waals surface area contributed by atoms with E-state index >= 15 is 0 Å². The molecule has 0 saturated carbocycles. The molecule has 0 aromatic heterocycles. The van der Waals surface area contributed by atoms with Crippen molar-refractivity contribution in [3.63, 3.8) is 0 Å². The Labute approximate surface area is 105 Å². The van der Waals surface area contributed by atoms with E-state index in [0.717, 1.165) is 0 Å². The minimum absolute atomic E-state index is 0.314. The van der Waals surface area contributed by atoms with Crippen LogP contribution in [0, 0.1) is 0 Å². The van der Waals surface area contributed by atoms with Gasteiger partial charge in [0, 0.05) is 0 Å². The Morgan fingerprint density at radius 2 is 1.60 bits per heavy atom. The second-order valence-corrected chi connectivity index (χ2v) is 4.61. The molecule has 0 bridgehead atoms. The van der Waals surface area contributed by atoms with Crippen LogP contribution in [0.1, 0.15) is 18.9 Å². The zero-order valence-electron chi connectivity index (χ0n) is 8.17. The van der Waals surface area contributed by atoms with Crippen molar-refractivity contribution in [2.45, 2.75) is 18.8 Å². The molecule has 0 fully saturated rings. The van der Waals surface area contributed by atoms with Crippen LogP contribution < -0.4 is 0 Å². The Balaban J connectivity index is 3.35. The normalized spacial score (nSPS) is 11.1. The molecule has 4 heteroatoms. The first-order valence-corrected chi connectivity index (χ1v) is 6.09. The van der Waals surface area contributed by atoms with Gasteiger partial charge in [0.1, 0.15) is 5.41 Å².